The molecular formula is C21H27N3O6. The molecule has 0 radical (unpaired) electrons. The number of ether oxygens (including phenoxy) is 3. The smallest absolute Gasteiger partial charge is 0.252 e. The van der Waals surface area contributed by atoms with E-state index in [1.807, 2.05) is 0 Å². The molecule has 1 saturated heterocycles. The van der Waals surface area contributed by atoms with E-state index in [-0.39, 0.29) is 37.0 Å². The zero-order valence-electron chi connectivity index (χ0n) is 17.0. The highest BCUT2D eigenvalue weighted by Gasteiger charge is 2.34. The zero-order valence-corrected chi connectivity index (χ0v) is 17.0. The van der Waals surface area contributed by atoms with Gasteiger partial charge in [-0.05, 0) is 37.0 Å². The van der Waals surface area contributed by atoms with Crippen molar-refractivity contribution in [1.29, 1.82) is 0 Å². The van der Waals surface area contributed by atoms with Crippen molar-refractivity contribution in [2.24, 2.45) is 5.92 Å². The van der Waals surface area contributed by atoms with E-state index in [9.17, 15) is 14.4 Å². The van der Waals surface area contributed by atoms with Crippen LogP contribution in [-0.2, 0) is 14.3 Å². The van der Waals surface area contributed by atoms with Gasteiger partial charge in [-0.2, -0.15) is 0 Å². The maximum absolute atomic E-state index is 12.8. The molecule has 0 saturated carbocycles. The number of likely N-dealkylation sites (tertiary alicyclic amines) is 1. The molecule has 0 aromatic heterocycles. The second-order valence-electron chi connectivity index (χ2n) is 7.20. The predicted octanol–water partition coefficient (Wildman–Crippen LogP) is 0.701. The summed E-state index contributed by atoms with van der Waals surface area (Å²) in [6.45, 7) is 5.09. The lowest BCUT2D eigenvalue weighted by Gasteiger charge is -2.35. The van der Waals surface area contributed by atoms with Crippen LogP contribution in [0.3, 0.4) is 0 Å². The van der Waals surface area contributed by atoms with Crippen LogP contribution in [0.5, 0.6) is 11.5 Å². The molecule has 2 heterocycles. The largest absolute Gasteiger partial charge is 0.454 e. The molecule has 9 nitrogen and oxygen atoms in total. The Morgan fingerprint density at radius 3 is 2.70 bits per heavy atom. The van der Waals surface area contributed by atoms with Crippen LogP contribution in [0.4, 0.5) is 0 Å². The number of nitrogens with zero attached hydrogens (tertiary/aromatic N) is 1. The molecule has 162 valence electrons. The van der Waals surface area contributed by atoms with E-state index in [1.54, 1.807) is 29.2 Å². The summed E-state index contributed by atoms with van der Waals surface area (Å²) in [5, 5.41) is 5.63. The first-order valence-electron chi connectivity index (χ1n) is 9.89. The quantitative estimate of drug-likeness (QED) is 0.603. The molecule has 2 N–H and O–H groups in total. The van der Waals surface area contributed by atoms with Gasteiger partial charge in [0.25, 0.3) is 5.91 Å². The van der Waals surface area contributed by atoms with Crippen molar-refractivity contribution in [3.63, 3.8) is 0 Å². The fraction of sp³-hybridized carbons (Fsp3) is 0.476. The van der Waals surface area contributed by atoms with Gasteiger partial charge in [-0.15, -0.1) is 6.58 Å². The van der Waals surface area contributed by atoms with Crippen LogP contribution in [-0.4, -0.2) is 68.8 Å². The first-order valence-corrected chi connectivity index (χ1v) is 9.89. The minimum Gasteiger partial charge on any atom is -0.454 e. The summed E-state index contributed by atoms with van der Waals surface area (Å²) < 4.78 is 15.5. The fourth-order valence-electron chi connectivity index (χ4n) is 3.64. The van der Waals surface area contributed by atoms with Crippen molar-refractivity contribution < 1.29 is 28.6 Å². The Hall–Kier alpha value is -3.07. The van der Waals surface area contributed by atoms with Crippen molar-refractivity contribution in [2.45, 2.75) is 18.9 Å². The second kappa shape index (κ2) is 10.1. The molecule has 0 unspecified atom stereocenters. The molecular weight excluding hydrogens is 390 g/mol. The molecule has 0 aliphatic carbocycles. The Bertz CT molecular complexity index is 804. The molecule has 1 fully saturated rings. The van der Waals surface area contributed by atoms with Crippen LogP contribution >= 0.6 is 0 Å². The van der Waals surface area contributed by atoms with Crippen molar-refractivity contribution in [2.75, 3.05) is 40.1 Å². The van der Waals surface area contributed by atoms with Gasteiger partial charge in [-0.25, -0.2) is 0 Å². The van der Waals surface area contributed by atoms with Crippen molar-refractivity contribution >= 4 is 17.7 Å². The van der Waals surface area contributed by atoms with Gasteiger partial charge in [-0.1, -0.05) is 6.08 Å². The lowest BCUT2D eigenvalue weighted by atomic mass is 9.88. The summed E-state index contributed by atoms with van der Waals surface area (Å²) in [5.74, 6) is 0.267. The van der Waals surface area contributed by atoms with Crippen molar-refractivity contribution in [1.82, 2.24) is 15.5 Å². The van der Waals surface area contributed by atoms with E-state index in [4.69, 9.17) is 14.2 Å². The van der Waals surface area contributed by atoms with Crippen LogP contribution in [0.15, 0.2) is 30.9 Å². The number of carbonyl (C=O) groups is 3. The van der Waals surface area contributed by atoms with E-state index in [0.29, 0.717) is 49.5 Å². The average Bonchev–Trinajstić information content (AvgIpc) is 3.24. The van der Waals surface area contributed by atoms with Crippen LogP contribution in [0.1, 0.15) is 23.2 Å². The zero-order chi connectivity index (χ0) is 21.5. The second-order valence-corrected chi connectivity index (χ2v) is 7.20. The van der Waals surface area contributed by atoms with Gasteiger partial charge in [0.2, 0.25) is 18.6 Å². The number of piperidine rings is 1. The Labute approximate surface area is 175 Å². The number of fused-ring (bicyclic) bond motifs is 1. The van der Waals surface area contributed by atoms with Crippen LogP contribution in [0, 0.1) is 5.92 Å². The third-order valence-corrected chi connectivity index (χ3v) is 5.26. The van der Waals surface area contributed by atoms with E-state index < -0.39 is 6.04 Å². The molecule has 1 atom stereocenters. The van der Waals surface area contributed by atoms with Gasteiger partial charge in [0, 0.05) is 32.3 Å². The Balaban J connectivity index is 1.68. The standard InChI is InChI=1S/C21H27N3O6/c1-3-8-22-21(27)19(14-6-9-24(10-7-14)18(25)12-28-2)23-20(26)15-4-5-16-17(11-15)30-13-29-16/h3-5,11,14,19H,1,6-10,12-13H2,2H3,(H,22,27)(H,23,26)/t19-/m1/s1. The van der Waals surface area contributed by atoms with E-state index in [2.05, 4.69) is 17.2 Å². The lowest BCUT2D eigenvalue weighted by molar-refractivity contribution is -0.136. The molecule has 0 bridgehead atoms. The van der Waals surface area contributed by atoms with Gasteiger partial charge < -0.3 is 29.7 Å². The highest BCUT2D eigenvalue weighted by Crippen LogP contribution is 2.32. The van der Waals surface area contributed by atoms with Crippen molar-refractivity contribution in [3.05, 3.63) is 36.4 Å². The highest BCUT2D eigenvalue weighted by molar-refractivity contribution is 5.98. The summed E-state index contributed by atoms with van der Waals surface area (Å²) in [4.78, 5) is 39.3. The maximum Gasteiger partial charge on any atom is 0.252 e. The number of hydrogen-bond acceptors (Lipinski definition) is 6. The third-order valence-electron chi connectivity index (χ3n) is 5.26. The van der Waals surface area contributed by atoms with E-state index in [0.717, 1.165) is 0 Å². The van der Waals surface area contributed by atoms with E-state index in [1.165, 1.54) is 7.11 Å². The molecule has 2 aliphatic heterocycles. The van der Waals surface area contributed by atoms with Crippen molar-refractivity contribution in [3.8, 4) is 11.5 Å². The number of rotatable bonds is 8. The molecule has 2 aliphatic rings. The summed E-state index contributed by atoms with van der Waals surface area (Å²) >= 11 is 0. The monoisotopic (exact) mass is 417 g/mol. The maximum atomic E-state index is 12.8. The molecule has 0 spiro atoms. The number of amides is 3. The van der Waals surface area contributed by atoms with E-state index >= 15 is 0 Å². The Morgan fingerprint density at radius 1 is 1.27 bits per heavy atom. The van der Waals surface area contributed by atoms with Crippen LogP contribution in [0.25, 0.3) is 0 Å². The lowest BCUT2D eigenvalue weighted by Crippen LogP contribution is -2.54. The minimum atomic E-state index is -0.720. The number of benzene rings is 1. The number of methoxy groups -OCH3 is 1. The molecule has 3 rings (SSSR count). The summed E-state index contributed by atoms with van der Waals surface area (Å²) in [6, 6.07) is 4.18. The van der Waals surface area contributed by atoms with Crippen LogP contribution < -0.4 is 20.1 Å². The fourth-order valence-corrected chi connectivity index (χ4v) is 3.64. The van der Waals surface area contributed by atoms with Gasteiger partial charge >= 0.3 is 0 Å². The Morgan fingerprint density at radius 2 is 2.00 bits per heavy atom. The number of nitrogens with one attached hydrogen (secondary N) is 2. The van der Waals surface area contributed by atoms with Gasteiger partial charge in [0.1, 0.15) is 12.6 Å². The molecule has 3 amide bonds. The summed E-state index contributed by atoms with van der Waals surface area (Å²) in [6.07, 6.45) is 2.78. The number of carbonyl (C=O) groups excluding carboxylic acids is 3. The first-order chi connectivity index (χ1) is 14.5. The average molecular weight is 417 g/mol. The summed E-state index contributed by atoms with van der Waals surface area (Å²) in [7, 11) is 1.48. The number of hydrogen-bond donors (Lipinski definition) is 2. The third kappa shape index (κ3) is 5.10. The molecule has 1 aromatic rings. The molecule has 9 heteroatoms. The molecule has 30 heavy (non-hydrogen) atoms. The highest BCUT2D eigenvalue weighted by atomic mass is 16.7. The normalized spacial score (nSPS) is 16.6. The Kier molecular flexibility index (Phi) is 7.29. The van der Waals surface area contributed by atoms with Gasteiger partial charge in [-0.3, -0.25) is 14.4 Å². The first kappa shape index (κ1) is 21.6. The topological polar surface area (TPSA) is 106 Å². The minimum absolute atomic E-state index is 0.0365. The SMILES string of the molecule is C=CCNC(=O)[C@H](NC(=O)c1ccc2c(c1)OCO2)C1CCN(C(=O)COC)CC1. The predicted molar refractivity (Wildman–Crippen MR) is 108 cm³/mol. The van der Waals surface area contributed by atoms with Gasteiger partial charge in [0.15, 0.2) is 11.5 Å². The van der Waals surface area contributed by atoms with Gasteiger partial charge in [0.05, 0.1) is 0 Å². The molecule has 1 aromatic carbocycles. The van der Waals surface area contributed by atoms with Crippen LogP contribution in [0.2, 0.25) is 0 Å². The summed E-state index contributed by atoms with van der Waals surface area (Å²) in [5.41, 5.74) is 0.383.